The fourth-order valence-electron chi connectivity index (χ4n) is 2.54. The highest BCUT2D eigenvalue weighted by molar-refractivity contribution is 5.81. The predicted octanol–water partition coefficient (Wildman–Crippen LogP) is 0.503. The van der Waals surface area contributed by atoms with E-state index in [9.17, 15) is 9.59 Å². The van der Waals surface area contributed by atoms with Crippen molar-refractivity contribution in [3.63, 3.8) is 0 Å². The van der Waals surface area contributed by atoms with Crippen molar-refractivity contribution >= 4 is 11.8 Å². The summed E-state index contributed by atoms with van der Waals surface area (Å²) >= 11 is 0. The van der Waals surface area contributed by atoms with Gasteiger partial charge in [0.1, 0.15) is 0 Å². The zero-order valence-electron chi connectivity index (χ0n) is 11.8. The van der Waals surface area contributed by atoms with Crippen LogP contribution in [0.25, 0.3) is 0 Å². The molecule has 2 fully saturated rings. The normalized spacial score (nSPS) is 23.2. The number of amides is 2. The second-order valence-corrected chi connectivity index (χ2v) is 5.64. The van der Waals surface area contributed by atoms with E-state index in [0.717, 1.165) is 45.2 Å². The monoisotopic (exact) mass is 267 g/mol. The summed E-state index contributed by atoms with van der Waals surface area (Å²) in [6.45, 7) is 2.33. The zero-order chi connectivity index (χ0) is 13.7. The molecule has 2 aliphatic rings. The van der Waals surface area contributed by atoms with Crippen molar-refractivity contribution in [1.29, 1.82) is 0 Å². The van der Waals surface area contributed by atoms with Gasteiger partial charge in [-0.25, -0.2) is 0 Å². The molecule has 1 saturated carbocycles. The summed E-state index contributed by atoms with van der Waals surface area (Å²) in [6.07, 6.45) is 5.58. The van der Waals surface area contributed by atoms with E-state index < -0.39 is 0 Å². The number of rotatable bonds is 6. The molecule has 0 spiro atoms. The first-order valence-corrected chi connectivity index (χ1v) is 7.43. The fraction of sp³-hybridized carbons (Fsp3) is 0.857. The second-order valence-electron chi connectivity index (χ2n) is 5.64. The average Bonchev–Trinajstić information content (AvgIpc) is 3.27. The molecular weight excluding hydrogens is 242 g/mol. The Kier molecular flexibility index (Phi) is 5.19. The molecule has 1 saturated heterocycles. The van der Waals surface area contributed by atoms with Gasteiger partial charge in [0.25, 0.3) is 0 Å². The van der Waals surface area contributed by atoms with Gasteiger partial charge in [0.15, 0.2) is 0 Å². The number of piperidine rings is 1. The number of carbonyl (C=O) groups is 2. The maximum Gasteiger partial charge on any atom is 0.223 e. The highest BCUT2D eigenvalue weighted by atomic mass is 16.2. The summed E-state index contributed by atoms with van der Waals surface area (Å²) in [5.74, 6) is 0.649. The Morgan fingerprint density at radius 1 is 1.26 bits per heavy atom. The van der Waals surface area contributed by atoms with Gasteiger partial charge < -0.3 is 15.5 Å². The topological polar surface area (TPSA) is 61.4 Å². The molecule has 0 bridgehead atoms. The number of nitrogens with zero attached hydrogens (tertiary/aromatic N) is 1. The third-order valence-corrected chi connectivity index (χ3v) is 4.00. The molecular formula is C14H25N3O2. The lowest BCUT2D eigenvalue weighted by molar-refractivity contribution is -0.132. The van der Waals surface area contributed by atoms with Crippen LogP contribution in [0.2, 0.25) is 0 Å². The largest absolute Gasteiger partial charge is 0.356 e. The Hall–Kier alpha value is -1.10. The highest BCUT2D eigenvalue weighted by Gasteiger charge is 2.29. The van der Waals surface area contributed by atoms with Crippen molar-refractivity contribution in [2.45, 2.75) is 44.6 Å². The molecule has 5 nitrogen and oxygen atoms in total. The van der Waals surface area contributed by atoms with Crippen molar-refractivity contribution < 1.29 is 9.59 Å². The van der Waals surface area contributed by atoms with Gasteiger partial charge in [0.2, 0.25) is 11.8 Å². The molecule has 2 N–H and O–H groups in total. The van der Waals surface area contributed by atoms with E-state index in [1.165, 1.54) is 0 Å². The van der Waals surface area contributed by atoms with Gasteiger partial charge in [0.05, 0.1) is 0 Å². The molecule has 1 atom stereocenters. The third kappa shape index (κ3) is 4.49. The average molecular weight is 267 g/mol. The van der Waals surface area contributed by atoms with Crippen LogP contribution in [-0.2, 0) is 9.59 Å². The summed E-state index contributed by atoms with van der Waals surface area (Å²) in [7, 11) is 1.95. The summed E-state index contributed by atoms with van der Waals surface area (Å²) in [5.41, 5.74) is 0. The van der Waals surface area contributed by atoms with Crippen LogP contribution in [0, 0.1) is 5.92 Å². The van der Waals surface area contributed by atoms with Crippen molar-refractivity contribution in [2.24, 2.45) is 5.92 Å². The van der Waals surface area contributed by atoms with E-state index >= 15 is 0 Å². The van der Waals surface area contributed by atoms with Crippen molar-refractivity contribution in [2.75, 3.05) is 26.7 Å². The Bertz CT molecular complexity index is 329. The maximum atomic E-state index is 12.0. The molecule has 19 heavy (non-hydrogen) atoms. The van der Waals surface area contributed by atoms with Crippen molar-refractivity contribution in [3.05, 3.63) is 0 Å². The van der Waals surface area contributed by atoms with E-state index in [-0.39, 0.29) is 17.7 Å². The fourth-order valence-corrected chi connectivity index (χ4v) is 2.54. The first-order chi connectivity index (χ1) is 9.20. The lowest BCUT2D eigenvalue weighted by Crippen LogP contribution is -2.47. The second kappa shape index (κ2) is 6.89. The molecule has 108 valence electrons. The van der Waals surface area contributed by atoms with Gasteiger partial charge >= 0.3 is 0 Å². The van der Waals surface area contributed by atoms with Gasteiger partial charge in [-0.1, -0.05) is 0 Å². The summed E-state index contributed by atoms with van der Waals surface area (Å²) < 4.78 is 0. The molecule has 1 aliphatic heterocycles. The summed E-state index contributed by atoms with van der Waals surface area (Å²) in [4.78, 5) is 25.4. The minimum absolute atomic E-state index is 0.167. The first kappa shape index (κ1) is 14.3. The van der Waals surface area contributed by atoms with Crippen molar-refractivity contribution in [1.82, 2.24) is 15.5 Å². The predicted molar refractivity (Wildman–Crippen MR) is 73.6 cm³/mol. The van der Waals surface area contributed by atoms with E-state index in [0.29, 0.717) is 19.0 Å². The Morgan fingerprint density at radius 3 is 2.74 bits per heavy atom. The Balaban J connectivity index is 1.59. The Labute approximate surface area is 115 Å². The van der Waals surface area contributed by atoms with Crippen LogP contribution in [0.3, 0.4) is 0 Å². The molecule has 2 rings (SSSR count). The van der Waals surface area contributed by atoms with Gasteiger partial charge in [-0.2, -0.15) is 0 Å². The molecule has 0 aromatic rings. The number of likely N-dealkylation sites (N-methyl/N-ethyl adjacent to an activating group) is 1. The maximum absolute atomic E-state index is 12.0. The van der Waals surface area contributed by atoms with Crippen LogP contribution in [0.1, 0.15) is 38.5 Å². The lowest BCUT2D eigenvalue weighted by Gasteiger charge is -2.32. The third-order valence-electron chi connectivity index (χ3n) is 4.00. The molecule has 0 aromatic carbocycles. The van der Waals surface area contributed by atoms with E-state index in [4.69, 9.17) is 0 Å². The molecule has 1 aliphatic carbocycles. The molecule has 0 radical (unpaired) electrons. The quantitative estimate of drug-likeness (QED) is 0.689. The van der Waals surface area contributed by atoms with Crippen LogP contribution >= 0.6 is 0 Å². The van der Waals surface area contributed by atoms with E-state index in [1.807, 2.05) is 11.9 Å². The highest BCUT2D eigenvalue weighted by Crippen LogP contribution is 2.28. The van der Waals surface area contributed by atoms with Crippen LogP contribution in [0.5, 0.6) is 0 Å². The standard InChI is InChI=1S/C14H25N3O2/c1-15-12-4-3-9-17(10-12)13(18)5-2-8-16-14(19)11-6-7-11/h11-12,15H,2-10H2,1H3,(H,16,19). The SMILES string of the molecule is CNC1CCCN(C(=O)CCCNC(=O)C2CC2)C1. The molecule has 5 heteroatoms. The molecule has 1 heterocycles. The van der Waals surface area contributed by atoms with Gasteiger partial charge in [-0.05, 0) is 39.2 Å². The van der Waals surface area contributed by atoms with Crippen molar-refractivity contribution in [3.8, 4) is 0 Å². The molecule has 1 unspecified atom stereocenters. The minimum Gasteiger partial charge on any atom is -0.356 e. The molecule has 0 aromatic heterocycles. The lowest BCUT2D eigenvalue weighted by atomic mass is 10.1. The van der Waals surface area contributed by atoms with Gasteiger partial charge in [-0.15, -0.1) is 0 Å². The van der Waals surface area contributed by atoms with E-state index in [1.54, 1.807) is 0 Å². The Morgan fingerprint density at radius 2 is 2.05 bits per heavy atom. The molecule has 2 amide bonds. The number of likely N-dealkylation sites (tertiary alicyclic amines) is 1. The minimum atomic E-state index is 0.167. The van der Waals surface area contributed by atoms with Gasteiger partial charge in [-0.3, -0.25) is 9.59 Å². The van der Waals surface area contributed by atoms with Crippen LogP contribution < -0.4 is 10.6 Å². The van der Waals surface area contributed by atoms with Gasteiger partial charge in [0, 0.05) is 38.0 Å². The number of nitrogens with one attached hydrogen (secondary N) is 2. The smallest absolute Gasteiger partial charge is 0.223 e. The summed E-state index contributed by atoms with van der Waals surface area (Å²) in [5, 5.41) is 6.14. The number of hydrogen-bond acceptors (Lipinski definition) is 3. The van der Waals surface area contributed by atoms with Crippen LogP contribution in [0.15, 0.2) is 0 Å². The number of carbonyl (C=O) groups excluding carboxylic acids is 2. The van der Waals surface area contributed by atoms with Crippen LogP contribution in [0.4, 0.5) is 0 Å². The van der Waals surface area contributed by atoms with Crippen LogP contribution in [-0.4, -0.2) is 49.4 Å². The zero-order valence-corrected chi connectivity index (χ0v) is 11.8. The first-order valence-electron chi connectivity index (χ1n) is 7.43. The summed E-state index contributed by atoms with van der Waals surface area (Å²) in [6, 6.07) is 0.437. The van der Waals surface area contributed by atoms with E-state index in [2.05, 4.69) is 10.6 Å². The number of hydrogen-bond donors (Lipinski definition) is 2.